The van der Waals surface area contributed by atoms with Crippen LogP contribution in [0.3, 0.4) is 0 Å². The van der Waals surface area contributed by atoms with Crippen LogP contribution < -0.4 is 5.32 Å². The summed E-state index contributed by atoms with van der Waals surface area (Å²) >= 11 is 0. The maximum Gasteiger partial charge on any atom is 0.123 e. The molecule has 0 unspecified atom stereocenters. The predicted molar refractivity (Wildman–Crippen MR) is 53.0 cm³/mol. The summed E-state index contributed by atoms with van der Waals surface area (Å²) in [6.45, 7) is 1.55. The smallest absolute Gasteiger partial charge is 0.123 e. The number of nitrogens with zero attached hydrogens (tertiary/aromatic N) is 1. The van der Waals surface area contributed by atoms with Crippen LogP contribution in [0.5, 0.6) is 0 Å². The number of hydrogen-bond acceptors (Lipinski definition) is 2. The van der Waals surface area contributed by atoms with E-state index in [9.17, 15) is 4.39 Å². The van der Waals surface area contributed by atoms with Crippen molar-refractivity contribution in [2.75, 3.05) is 6.54 Å². The van der Waals surface area contributed by atoms with Gasteiger partial charge in [0, 0.05) is 13.0 Å². The Hall–Kier alpha value is -1.40. The highest BCUT2D eigenvalue weighted by Gasteiger charge is 1.93. The number of nitrogens with one attached hydrogen (secondary N) is 1. The molecule has 0 aliphatic rings. The average Bonchev–Trinajstić information content (AvgIpc) is 2.21. The first-order valence-corrected chi connectivity index (χ1v) is 4.65. The molecule has 0 aliphatic heterocycles. The lowest BCUT2D eigenvalue weighted by Gasteiger charge is -2.02. The second-order valence-corrected chi connectivity index (χ2v) is 3.06. The lowest BCUT2D eigenvalue weighted by atomic mass is 10.2. The first-order chi connectivity index (χ1) is 6.83. The predicted octanol–water partition coefficient (Wildman–Crippen LogP) is 2.22. The van der Waals surface area contributed by atoms with Crippen molar-refractivity contribution >= 4 is 0 Å². The second-order valence-electron chi connectivity index (χ2n) is 3.06. The first kappa shape index (κ1) is 10.7. The Balaban J connectivity index is 2.19. The molecule has 1 rings (SSSR count). The van der Waals surface area contributed by atoms with Gasteiger partial charge in [0.2, 0.25) is 0 Å². The quantitative estimate of drug-likeness (QED) is 0.726. The molecule has 1 aromatic rings. The Morgan fingerprint density at radius 3 is 2.64 bits per heavy atom. The lowest BCUT2D eigenvalue weighted by Crippen LogP contribution is -2.14. The highest BCUT2D eigenvalue weighted by atomic mass is 19.1. The third kappa shape index (κ3) is 4.01. The summed E-state index contributed by atoms with van der Waals surface area (Å²) in [7, 11) is 0. The van der Waals surface area contributed by atoms with Crippen molar-refractivity contribution in [1.29, 1.82) is 5.26 Å². The topological polar surface area (TPSA) is 35.8 Å². The standard InChI is InChI=1S/C11H13FN2/c12-11-5-3-10(4-6-11)9-14-8-2-1-7-13/h3-6,14H,1-2,8-9H2. The van der Waals surface area contributed by atoms with Crippen molar-refractivity contribution in [3.63, 3.8) is 0 Å². The van der Waals surface area contributed by atoms with Gasteiger partial charge in [-0.05, 0) is 30.7 Å². The second kappa shape index (κ2) is 6.11. The van der Waals surface area contributed by atoms with Crippen LogP contribution in [0.15, 0.2) is 24.3 Å². The van der Waals surface area contributed by atoms with E-state index in [1.54, 1.807) is 12.1 Å². The molecule has 14 heavy (non-hydrogen) atoms. The van der Waals surface area contributed by atoms with Crippen molar-refractivity contribution < 1.29 is 4.39 Å². The Labute approximate surface area is 83.4 Å². The molecule has 0 radical (unpaired) electrons. The Kier molecular flexibility index (Phi) is 4.66. The molecular formula is C11H13FN2. The zero-order chi connectivity index (χ0) is 10.2. The highest BCUT2D eigenvalue weighted by Crippen LogP contribution is 2.01. The molecule has 0 atom stereocenters. The van der Waals surface area contributed by atoms with Crippen LogP contribution in [0.25, 0.3) is 0 Å². The molecule has 0 aliphatic carbocycles. The summed E-state index contributed by atoms with van der Waals surface area (Å²) in [6, 6.07) is 8.50. The molecule has 2 nitrogen and oxygen atoms in total. The molecule has 0 heterocycles. The van der Waals surface area contributed by atoms with Gasteiger partial charge in [0.1, 0.15) is 5.82 Å². The number of benzene rings is 1. The minimum Gasteiger partial charge on any atom is -0.313 e. The first-order valence-electron chi connectivity index (χ1n) is 4.65. The number of halogens is 1. The number of unbranched alkanes of at least 4 members (excludes halogenated alkanes) is 1. The summed E-state index contributed by atoms with van der Waals surface area (Å²) in [5.41, 5.74) is 1.06. The van der Waals surface area contributed by atoms with Gasteiger partial charge in [0.05, 0.1) is 6.07 Å². The van der Waals surface area contributed by atoms with Crippen molar-refractivity contribution in [2.24, 2.45) is 0 Å². The van der Waals surface area contributed by atoms with E-state index in [2.05, 4.69) is 11.4 Å². The average molecular weight is 192 g/mol. The van der Waals surface area contributed by atoms with Gasteiger partial charge in [-0.15, -0.1) is 0 Å². The molecule has 0 aromatic heterocycles. The molecule has 0 fully saturated rings. The fourth-order valence-electron chi connectivity index (χ4n) is 1.13. The zero-order valence-electron chi connectivity index (χ0n) is 7.96. The van der Waals surface area contributed by atoms with E-state index in [0.29, 0.717) is 6.42 Å². The molecule has 0 saturated heterocycles. The van der Waals surface area contributed by atoms with Crippen LogP contribution in [0.2, 0.25) is 0 Å². The van der Waals surface area contributed by atoms with E-state index in [1.807, 2.05) is 0 Å². The minimum absolute atomic E-state index is 0.210. The van der Waals surface area contributed by atoms with Crippen LogP contribution in [-0.2, 0) is 6.54 Å². The minimum atomic E-state index is -0.210. The summed E-state index contributed by atoms with van der Waals surface area (Å²) in [5.74, 6) is -0.210. The van der Waals surface area contributed by atoms with Gasteiger partial charge in [-0.3, -0.25) is 0 Å². The Morgan fingerprint density at radius 1 is 1.29 bits per heavy atom. The monoisotopic (exact) mass is 192 g/mol. The largest absolute Gasteiger partial charge is 0.313 e. The van der Waals surface area contributed by atoms with Crippen LogP contribution in [-0.4, -0.2) is 6.54 Å². The van der Waals surface area contributed by atoms with Crippen LogP contribution in [0, 0.1) is 17.1 Å². The molecule has 3 heteroatoms. The van der Waals surface area contributed by atoms with Crippen molar-refractivity contribution in [3.8, 4) is 6.07 Å². The maximum atomic E-state index is 12.5. The van der Waals surface area contributed by atoms with Crippen LogP contribution in [0.1, 0.15) is 18.4 Å². The molecule has 1 N–H and O–H groups in total. The van der Waals surface area contributed by atoms with Crippen molar-refractivity contribution in [3.05, 3.63) is 35.6 Å². The van der Waals surface area contributed by atoms with Gasteiger partial charge in [-0.1, -0.05) is 12.1 Å². The van der Waals surface area contributed by atoms with E-state index in [0.717, 1.165) is 25.1 Å². The van der Waals surface area contributed by atoms with E-state index >= 15 is 0 Å². The van der Waals surface area contributed by atoms with Crippen molar-refractivity contribution in [2.45, 2.75) is 19.4 Å². The fraction of sp³-hybridized carbons (Fsp3) is 0.364. The molecule has 74 valence electrons. The SMILES string of the molecule is N#CCCCNCc1ccc(F)cc1. The van der Waals surface area contributed by atoms with Gasteiger partial charge in [0.25, 0.3) is 0 Å². The fourth-order valence-corrected chi connectivity index (χ4v) is 1.13. The molecule has 1 aromatic carbocycles. The van der Waals surface area contributed by atoms with Gasteiger partial charge in [-0.2, -0.15) is 5.26 Å². The normalized spacial score (nSPS) is 9.71. The zero-order valence-corrected chi connectivity index (χ0v) is 7.96. The van der Waals surface area contributed by atoms with Gasteiger partial charge >= 0.3 is 0 Å². The summed E-state index contributed by atoms with van der Waals surface area (Å²) in [6.07, 6.45) is 1.44. The van der Waals surface area contributed by atoms with Gasteiger partial charge in [-0.25, -0.2) is 4.39 Å². The summed E-state index contributed by atoms with van der Waals surface area (Å²) in [4.78, 5) is 0. The highest BCUT2D eigenvalue weighted by molar-refractivity contribution is 5.15. The molecule has 0 amide bonds. The summed E-state index contributed by atoms with van der Waals surface area (Å²) < 4.78 is 12.5. The Morgan fingerprint density at radius 2 is 2.00 bits per heavy atom. The molecule has 0 bridgehead atoms. The molecular weight excluding hydrogens is 179 g/mol. The maximum absolute atomic E-state index is 12.5. The number of nitriles is 1. The van der Waals surface area contributed by atoms with Crippen LogP contribution >= 0.6 is 0 Å². The van der Waals surface area contributed by atoms with Gasteiger partial charge < -0.3 is 5.32 Å². The molecule has 0 saturated carbocycles. The van der Waals surface area contributed by atoms with Gasteiger partial charge in [0.15, 0.2) is 0 Å². The van der Waals surface area contributed by atoms with Crippen LogP contribution in [0.4, 0.5) is 4.39 Å². The number of rotatable bonds is 5. The third-order valence-electron chi connectivity index (χ3n) is 1.88. The number of hydrogen-bond donors (Lipinski definition) is 1. The molecule has 0 spiro atoms. The van der Waals surface area contributed by atoms with Crippen molar-refractivity contribution in [1.82, 2.24) is 5.32 Å². The lowest BCUT2D eigenvalue weighted by molar-refractivity contribution is 0.623. The van der Waals surface area contributed by atoms with E-state index in [-0.39, 0.29) is 5.82 Å². The Bertz CT molecular complexity index is 300. The van der Waals surface area contributed by atoms with E-state index in [1.165, 1.54) is 12.1 Å². The summed E-state index contributed by atoms with van der Waals surface area (Å²) in [5, 5.41) is 11.5. The third-order valence-corrected chi connectivity index (χ3v) is 1.88. The van der Waals surface area contributed by atoms with E-state index in [4.69, 9.17) is 5.26 Å². The van der Waals surface area contributed by atoms with E-state index < -0.39 is 0 Å².